The van der Waals surface area contributed by atoms with Crippen LogP contribution in [-0.2, 0) is 6.54 Å². The Kier molecular flexibility index (Phi) is 3.25. The molecule has 3 rings (SSSR count). The van der Waals surface area contributed by atoms with Crippen molar-refractivity contribution >= 4 is 5.82 Å². The second kappa shape index (κ2) is 5.05. The van der Waals surface area contributed by atoms with Crippen LogP contribution >= 0.6 is 0 Å². The lowest BCUT2D eigenvalue weighted by molar-refractivity contribution is 0.170. The summed E-state index contributed by atoms with van der Waals surface area (Å²) in [5.74, 6) is 0.958. The Hall–Kier alpha value is -1.81. The topological polar surface area (TPSA) is 41.3 Å². The van der Waals surface area contributed by atoms with Crippen molar-refractivity contribution in [2.45, 2.75) is 32.0 Å². The number of nitrogens with zero attached hydrogens (tertiary/aromatic N) is 3. The number of anilines is 1. The number of hydrogen-bond donors (Lipinski definition) is 1. The van der Waals surface area contributed by atoms with Crippen LogP contribution in [0.1, 0.15) is 18.9 Å². The number of hydrogen-bond acceptors (Lipinski definition) is 3. The normalized spacial score (nSPS) is 22.9. The molecule has 1 aliphatic heterocycles. The summed E-state index contributed by atoms with van der Waals surface area (Å²) in [6.45, 7) is 3.71. The number of rotatable bonds is 3. The molecule has 1 aromatic heterocycles. The van der Waals surface area contributed by atoms with E-state index in [9.17, 15) is 5.11 Å². The van der Waals surface area contributed by atoms with Crippen LogP contribution < -0.4 is 4.90 Å². The van der Waals surface area contributed by atoms with Gasteiger partial charge in [-0.2, -0.15) is 5.10 Å². The SMILES string of the molecule is C[C@H]1[C@H](O)CCN1c1ccn(Cc2ccccc2)n1. The van der Waals surface area contributed by atoms with Gasteiger partial charge >= 0.3 is 0 Å². The zero-order valence-electron chi connectivity index (χ0n) is 11.1. The molecule has 2 atom stereocenters. The molecule has 2 heterocycles. The van der Waals surface area contributed by atoms with Crippen LogP contribution in [0.3, 0.4) is 0 Å². The monoisotopic (exact) mass is 257 g/mol. The molecule has 1 fully saturated rings. The van der Waals surface area contributed by atoms with Gasteiger partial charge in [0.1, 0.15) is 0 Å². The van der Waals surface area contributed by atoms with Crippen LogP contribution in [0.15, 0.2) is 42.6 Å². The van der Waals surface area contributed by atoms with E-state index in [4.69, 9.17) is 0 Å². The molecule has 0 bridgehead atoms. The standard InChI is InChI=1S/C15H19N3O/c1-12-14(19)7-10-18(12)15-8-9-17(16-15)11-13-5-3-2-4-6-13/h2-6,8-9,12,14,19H,7,10-11H2,1H3/t12-,14+/m0/s1. The maximum atomic E-state index is 9.80. The maximum absolute atomic E-state index is 9.80. The predicted octanol–water partition coefficient (Wildman–Crippen LogP) is 1.89. The average molecular weight is 257 g/mol. The second-order valence-corrected chi connectivity index (χ2v) is 5.15. The summed E-state index contributed by atoms with van der Waals surface area (Å²) in [7, 11) is 0. The van der Waals surface area contributed by atoms with Gasteiger partial charge in [0.2, 0.25) is 0 Å². The van der Waals surface area contributed by atoms with Crippen molar-refractivity contribution in [1.29, 1.82) is 0 Å². The Morgan fingerprint density at radius 2 is 2.05 bits per heavy atom. The van der Waals surface area contributed by atoms with E-state index in [0.29, 0.717) is 0 Å². The van der Waals surface area contributed by atoms with Crippen molar-refractivity contribution in [2.75, 3.05) is 11.4 Å². The lowest BCUT2D eigenvalue weighted by Crippen LogP contribution is -2.32. The molecule has 1 aliphatic rings. The second-order valence-electron chi connectivity index (χ2n) is 5.15. The first-order valence-corrected chi connectivity index (χ1v) is 6.76. The lowest BCUT2D eigenvalue weighted by Gasteiger charge is -2.22. The van der Waals surface area contributed by atoms with Crippen molar-refractivity contribution in [3.05, 3.63) is 48.2 Å². The van der Waals surface area contributed by atoms with Gasteiger partial charge in [0.25, 0.3) is 0 Å². The van der Waals surface area contributed by atoms with Gasteiger partial charge in [-0.15, -0.1) is 0 Å². The summed E-state index contributed by atoms with van der Waals surface area (Å²) in [5.41, 5.74) is 1.24. The number of aliphatic hydroxyl groups excluding tert-OH is 1. The largest absolute Gasteiger partial charge is 0.391 e. The first-order valence-electron chi connectivity index (χ1n) is 6.76. The fourth-order valence-corrected chi connectivity index (χ4v) is 2.61. The van der Waals surface area contributed by atoms with Gasteiger partial charge in [0, 0.05) is 18.8 Å². The number of benzene rings is 1. The molecule has 100 valence electrons. The van der Waals surface area contributed by atoms with Gasteiger partial charge in [-0.1, -0.05) is 30.3 Å². The summed E-state index contributed by atoms with van der Waals surface area (Å²) in [5, 5.41) is 14.4. The fourth-order valence-electron chi connectivity index (χ4n) is 2.61. The highest BCUT2D eigenvalue weighted by Crippen LogP contribution is 2.23. The van der Waals surface area contributed by atoms with Crippen LogP contribution in [0.4, 0.5) is 5.82 Å². The Labute approximate surface area is 113 Å². The molecule has 1 aromatic carbocycles. The molecule has 1 N–H and O–H groups in total. The molecule has 4 nitrogen and oxygen atoms in total. The van der Waals surface area contributed by atoms with Crippen molar-refractivity contribution in [3.8, 4) is 0 Å². The van der Waals surface area contributed by atoms with Gasteiger partial charge in [-0.05, 0) is 18.9 Å². The highest BCUT2D eigenvalue weighted by atomic mass is 16.3. The molecule has 19 heavy (non-hydrogen) atoms. The molecular formula is C15H19N3O. The van der Waals surface area contributed by atoms with E-state index in [1.165, 1.54) is 5.56 Å². The molecule has 0 unspecified atom stereocenters. The van der Waals surface area contributed by atoms with Crippen LogP contribution in [0.25, 0.3) is 0 Å². The highest BCUT2D eigenvalue weighted by Gasteiger charge is 2.30. The van der Waals surface area contributed by atoms with E-state index in [2.05, 4.69) is 22.1 Å². The van der Waals surface area contributed by atoms with Gasteiger partial charge in [0.05, 0.1) is 18.7 Å². The zero-order chi connectivity index (χ0) is 13.2. The minimum Gasteiger partial charge on any atom is -0.391 e. The smallest absolute Gasteiger partial charge is 0.150 e. The number of aromatic nitrogens is 2. The fraction of sp³-hybridized carbons (Fsp3) is 0.400. The molecular weight excluding hydrogens is 238 g/mol. The van der Waals surface area contributed by atoms with E-state index in [1.54, 1.807) is 0 Å². The van der Waals surface area contributed by atoms with Crippen LogP contribution in [0, 0.1) is 0 Å². The van der Waals surface area contributed by atoms with Crippen molar-refractivity contribution in [1.82, 2.24) is 9.78 Å². The van der Waals surface area contributed by atoms with Gasteiger partial charge < -0.3 is 10.0 Å². The summed E-state index contributed by atoms with van der Waals surface area (Å²) in [6.07, 6.45) is 2.59. The highest BCUT2D eigenvalue weighted by molar-refractivity contribution is 5.40. The van der Waals surface area contributed by atoms with Crippen molar-refractivity contribution < 1.29 is 5.11 Å². The first-order chi connectivity index (χ1) is 9.24. The predicted molar refractivity (Wildman–Crippen MR) is 75.2 cm³/mol. The minimum absolute atomic E-state index is 0.153. The number of aliphatic hydroxyl groups is 1. The molecule has 0 amide bonds. The third-order valence-corrected chi connectivity index (χ3v) is 3.82. The van der Waals surface area contributed by atoms with E-state index in [0.717, 1.165) is 25.3 Å². The van der Waals surface area contributed by atoms with Gasteiger partial charge in [-0.3, -0.25) is 4.68 Å². The van der Waals surface area contributed by atoms with Crippen molar-refractivity contribution in [2.24, 2.45) is 0 Å². The first kappa shape index (κ1) is 12.2. The zero-order valence-corrected chi connectivity index (χ0v) is 11.1. The van der Waals surface area contributed by atoms with E-state index >= 15 is 0 Å². The molecule has 2 aromatic rings. The molecule has 0 radical (unpaired) electrons. The van der Waals surface area contributed by atoms with E-state index in [1.807, 2.05) is 42.1 Å². The van der Waals surface area contributed by atoms with E-state index in [-0.39, 0.29) is 12.1 Å². The minimum atomic E-state index is -0.237. The third-order valence-electron chi connectivity index (χ3n) is 3.82. The summed E-state index contributed by atoms with van der Waals surface area (Å²) in [4.78, 5) is 2.17. The molecule has 0 saturated carbocycles. The van der Waals surface area contributed by atoms with Gasteiger partial charge in [0.15, 0.2) is 5.82 Å². The molecule has 0 spiro atoms. The lowest BCUT2D eigenvalue weighted by atomic mass is 10.2. The third kappa shape index (κ3) is 2.49. The quantitative estimate of drug-likeness (QED) is 0.913. The van der Waals surface area contributed by atoms with E-state index < -0.39 is 0 Å². The van der Waals surface area contributed by atoms with Gasteiger partial charge in [-0.25, -0.2) is 0 Å². The van der Waals surface area contributed by atoms with Crippen molar-refractivity contribution in [3.63, 3.8) is 0 Å². The maximum Gasteiger partial charge on any atom is 0.150 e. The summed E-state index contributed by atoms with van der Waals surface area (Å²) in [6, 6.07) is 12.5. The Balaban J connectivity index is 1.73. The Morgan fingerprint density at radius 1 is 1.26 bits per heavy atom. The van der Waals surface area contributed by atoms with Crippen LogP contribution in [0.5, 0.6) is 0 Å². The van der Waals surface area contributed by atoms with Crippen LogP contribution in [-0.4, -0.2) is 33.6 Å². The molecule has 4 heteroatoms. The Morgan fingerprint density at radius 3 is 2.74 bits per heavy atom. The average Bonchev–Trinajstić information content (AvgIpc) is 3.00. The Bertz CT molecular complexity index is 537. The molecule has 0 aliphatic carbocycles. The summed E-state index contributed by atoms with van der Waals surface area (Å²) >= 11 is 0. The van der Waals surface area contributed by atoms with Crippen LogP contribution in [0.2, 0.25) is 0 Å². The summed E-state index contributed by atoms with van der Waals surface area (Å²) < 4.78 is 1.95. The molecule has 1 saturated heterocycles.